The van der Waals surface area contributed by atoms with Crippen molar-refractivity contribution >= 4 is 11.8 Å². The normalized spacial score (nSPS) is 15.8. The van der Waals surface area contributed by atoms with Crippen LogP contribution in [0.2, 0.25) is 0 Å². The van der Waals surface area contributed by atoms with Crippen LogP contribution >= 0.6 is 11.8 Å². The second-order valence-corrected chi connectivity index (χ2v) is 4.70. The highest BCUT2D eigenvalue weighted by atomic mass is 32.2. The summed E-state index contributed by atoms with van der Waals surface area (Å²) in [5.74, 6) is 0.866. The molecule has 0 spiro atoms. The van der Waals surface area contributed by atoms with Crippen molar-refractivity contribution in [1.82, 2.24) is 5.32 Å². The van der Waals surface area contributed by atoms with E-state index in [4.69, 9.17) is 0 Å². The molecule has 1 aliphatic rings. The highest BCUT2D eigenvalue weighted by Gasteiger charge is 2.19. The molecule has 0 unspecified atom stereocenters. The molecule has 0 atom stereocenters. The number of halogens is 1. The maximum absolute atomic E-state index is 12.8. The van der Waals surface area contributed by atoms with Crippen LogP contribution in [-0.4, -0.2) is 18.3 Å². The molecule has 0 aromatic heterocycles. The highest BCUT2D eigenvalue weighted by molar-refractivity contribution is 7.99. The molecular weight excluding hydrogens is 197 g/mol. The molecule has 3 heteroatoms. The summed E-state index contributed by atoms with van der Waals surface area (Å²) in [4.78, 5) is 1.02. The molecule has 0 heterocycles. The Balaban J connectivity index is 1.68. The predicted octanol–water partition coefficient (Wildman–Crippen LogP) is 2.67. The lowest BCUT2D eigenvalue weighted by Crippen LogP contribution is -2.18. The standard InChI is InChI=1S/C11H14FNS/c12-9-2-1-3-11(8-9)14-7-6-13-10-4-5-10/h1-3,8,10,13H,4-7H2. The van der Waals surface area contributed by atoms with Crippen molar-refractivity contribution in [2.75, 3.05) is 12.3 Å². The van der Waals surface area contributed by atoms with Crippen LogP contribution in [0.4, 0.5) is 4.39 Å². The Bertz CT molecular complexity index is 299. The lowest BCUT2D eigenvalue weighted by atomic mass is 10.4. The third-order valence-electron chi connectivity index (χ3n) is 2.18. The first-order valence-electron chi connectivity index (χ1n) is 4.96. The van der Waals surface area contributed by atoms with Crippen LogP contribution in [0.15, 0.2) is 29.2 Å². The molecule has 0 bridgehead atoms. The number of nitrogens with one attached hydrogen (secondary N) is 1. The van der Waals surface area contributed by atoms with Gasteiger partial charge in [-0.3, -0.25) is 0 Å². The Morgan fingerprint density at radius 3 is 3.00 bits per heavy atom. The van der Waals surface area contributed by atoms with Crippen LogP contribution in [0.5, 0.6) is 0 Å². The fourth-order valence-electron chi connectivity index (χ4n) is 1.28. The van der Waals surface area contributed by atoms with E-state index in [1.54, 1.807) is 23.9 Å². The average molecular weight is 211 g/mol. The van der Waals surface area contributed by atoms with Gasteiger partial charge >= 0.3 is 0 Å². The smallest absolute Gasteiger partial charge is 0.124 e. The van der Waals surface area contributed by atoms with Crippen LogP contribution in [0.25, 0.3) is 0 Å². The Hall–Kier alpha value is -0.540. The molecule has 0 radical (unpaired) electrons. The van der Waals surface area contributed by atoms with Gasteiger partial charge in [0.15, 0.2) is 0 Å². The summed E-state index contributed by atoms with van der Waals surface area (Å²) in [7, 11) is 0. The topological polar surface area (TPSA) is 12.0 Å². The van der Waals surface area contributed by atoms with Crippen molar-refractivity contribution in [3.05, 3.63) is 30.1 Å². The van der Waals surface area contributed by atoms with E-state index in [1.165, 1.54) is 18.9 Å². The molecule has 1 fully saturated rings. The lowest BCUT2D eigenvalue weighted by Gasteiger charge is -2.02. The minimum atomic E-state index is -0.148. The molecule has 0 aliphatic heterocycles. The van der Waals surface area contributed by atoms with Crippen LogP contribution < -0.4 is 5.32 Å². The van der Waals surface area contributed by atoms with E-state index < -0.39 is 0 Å². The molecule has 1 aliphatic carbocycles. The molecule has 0 amide bonds. The Morgan fingerprint density at radius 2 is 2.29 bits per heavy atom. The SMILES string of the molecule is Fc1cccc(SCCNC2CC2)c1. The predicted molar refractivity (Wildman–Crippen MR) is 58.1 cm³/mol. The van der Waals surface area contributed by atoms with Crippen molar-refractivity contribution in [2.45, 2.75) is 23.8 Å². The van der Waals surface area contributed by atoms with E-state index >= 15 is 0 Å². The molecular formula is C11H14FNS. The van der Waals surface area contributed by atoms with Gasteiger partial charge in [0.1, 0.15) is 5.82 Å². The largest absolute Gasteiger partial charge is 0.313 e. The van der Waals surface area contributed by atoms with E-state index in [9.17, 15) is 4.39 Å². The Kier molecular flexibility index (Phi) is 3.43. The van der Waals surface area contributed by atoms with E-state index in [2.05, 4.69) is 5.32 Å². The minimum Gasteiger partial charge on any atom is -0.313 e. The van der Waals surface area contributed by atoms with Gasteiger partial charge in [-0.15, -0.1) is 11.8 Å². The van der Waals surface area contributed by atoms with Crippen molar-refractivity contribution in [3.63, 3.8) is 0 Å². The maximum Gasteiger partial charge on any atom is 0.124 e. The van der Waals surface area contributed by atoms with Crippen LogP contribution in [0.1, 0.15) is 12.8 Å². The van der Waals surface area contributed by atoms with Gasteiger partial charge in [0.05, 0.1) is 0 Å². The zero-order valence-electron chi connectivity index (χ0n) is 8.00. The van der Waals surface area contributed by atoms with Gasteiger partial charge < -0.3 is 5.32 Å². The number of rotatable bonds is 5. The van der Waals surface area contributed by atoms with E-state index in [-0.39, 0.29) is 5.82 Å². The summed E-state index contributed by atoms with van der Waals surface area (Å²) in [5, 5.41) is 3.43. The summed E-state index contributed by atoms with van der Waals surface area (Å²) in [6, 6.07) is 7.54. The van der Waals surface area contributed by atoms with Gasteiger partial charge in [-0.25, -0.2) is 4.39 Å². The molecule has 1 aromatic carbocycles. The number of benzene rings is 1. The summed E-state index contributed by atoms with van der Waals surface area (Å²) < 4.78 is 12.8. The van der Waals surface area contributed by atoms with Crippen LogP contribution in [0.3, 0.4) is 0 Å². The van der Waals surface area contributed by atoms with Crippen LogP contribution in [-0.2, 0) is 0 Å². The first kappa shape index (κ1) is 9.99. The van der Waals surface area contributed by atoms with E-state index in [0.29, 0.717) is 0 Å². The van der Waals surface area contributed by atoms with Crippen molar-refractivity contribution < 1.29 is 4.39 Å². The molecule has 0 saturated heterocycles. The number of hydrogen-bond donors (Lipinski definition) is 1. The maximum atomic E-state index is 12.8. The first-order chi connectivity index (χ1) is 6.84. The zero-order chi connectivity index (χ0) is 9.80. The average Bonchev–Trinajstić information content (AvgIpc) is 2.96. The van der Waals surface area contributed by atoms with Crippen molar-refractivity contribution in [1.29, 1.82) is 0 Å². The fourth-order valence-corrected chi connectivity index (χ4v) is 2.10. The van der Waals surface area contributed by atoms with Gasteiger partial charge in [0.25, 0.3) is 0 Å². The monoisotopic (exact) mass is 211 g/mol. The lowest BCUT2D eigenvalue weighted by molar-refractivity contribution is 0.624. The molecule has 1 aromatic rings. The van der Waals surface area contributed by atoms with Gasteiger partial charge in [-0.1, -0.05) is 6.07 Å². The summed E-state index contributed by atoms with van der Waals surface area (Å²) in [5.41, 5.74) is 0. The highest BCUT2D eigenvalue weighted by Crippen LogP contribution is 2.20. The third kappa shape index (κ3) is 3.31. The second-order valence-electron chi connectivity index (χ2n) is 3.53. The zero-order valence-corrected chi connectivity index (χ0v) is 8.82. The quantitative estimate of drug-likeness (QED) is 0.593. The van der Waals surface area contributed by atoms with Gasteiger partial charge in [0.2, 0.25) is 0 Å². The van der Waals surface area contributed by atoms with Crippen LogP contribution in [0, 0.1) is 5.82 Å². The van der Waals surface area contributed by atoms with Crippen molar-refractivity contribution in [2.24, 2.45) is 0 Å². The van der Waals surface area contributed by atoms with Crippen molar-refractivity contribution in [3.8, 4) is 0 Å². The molecule has 14 heavy (non-hydrogen) atoms. The fraction of sp³-hybridized carbons (Fsp3) is 0.455. The van der Waals surface area contributed by atoms with Gasteiger partial charge in [0, 0.05) is 23.2 Å². The molecule has 76 valence electrons. The Morgan fingerprint density at radius 1 is 1.43 bits per heavy atom. The van der Waals surface area contributed by atoms with E-state index in [0.717, 1.165) is 23.2 Å². The molecule has 2 rings (SSSR count). The summed E-state index contributed by atoms with van der Waals surface area (Å²) >= 11 is 1.70. The Labute approximate surface area is 88.1 Å². The van der Waals surface area contributed by atoms with Gasteiger partial charge in [-0.2, -0.15) is 0 Å². The molecule has 1 saturated carbocycles. The molecule has 1 nitrogen and oxygen atoms in total. The third-order valence-corrected chi connectivity index (χ3v) is 3.17. The summed E-state index contributed by atoms with van der Waals surface area (Å²) in [6.45, 7) is 1.02. The van der Waals surface area contributed by atoms with E-state index in [1.807, 2.05) is 6.07 Å². The second kappa shape index (κ2) is 4.80. The van der Waals surface area contributed by atoms with Gasteiger partial charge in [-0.05, 0) is 31.0 Å². The molecule has 1 N–H and O–H groups in total. The first-order valence-corrected chi connectivity index (χ1v) is 5.95. The summed E-state index contributed by atoms with van der Waals surface area (Å²) in [6.07, 6.45) is 2.65. The number of thioether (sulfide) groups is 1. The number of hydrogen-bond acceptors (Lipinski definition) is 2. The minimum absolute atomic E-state index is 0.148.